The van der Waals surface area contributed by atoms with Crippen LogP contribution in [-0.2, 0) is 9.59 Å². The van der Waals surface area contributed by atoms with Gasteiger partial charge in [-0.15, -0.1) is 0 Å². The lowest BCUT2D eigenvalue weighted by Gasteiger charge is -2.07. The number of hydrogen-bond acceptors (Lipinski definition) is 3. The highest BCUT2D eigenvalue weighted by atomic mass is 16.4. The van der Waals surface area contributed by atoms with Crippen LogP contribution >= 0.6 is 0 Å². The van der Waals surface area contributed by atoms with Gasteiger partial charge in [0.15, 0.2) is 0 Å². The molecule has 3 N–H and O–H groups in total. The van der Waals surface area contributed by atoms with Crippen LogP contribution in [0.1, 0.15) is 43.0 Å². The Labute approximate surface area is 123 Å². The van der Waals surface area contributed by atoms with Crippen LogP contribution in [0.4, 0.5) is 5.69 Å². The Balaban J connectivity index is 2.48. The van der Waals surface area contributed by atoms with Crippen LogP contribution in [0.5, 0.6) is 0 Å². The smallest absolute Gasteiger partial charge is 0.303 e. The van der Waals surface area contributed by atoms with Gasteiger partial charge >= 0.3 is 5.97 Å². The second kappa shape index (κ2) is 8.73. The van der Waals surface area contributed by atoms with Crippen LogP contribution in [0.15, 0.2) is 24.3 Å². The van der Waals surface area contributed by atoms with E-state index < -0.39 is 5.97 Å². The highest BCUT2D eigenvalue weighted by Crippen LogP contribution is 2.10. The number of carbonyl (C=O) groups excluding carboxylic acids is 2. The molecule has 0 spiro atoms. The summed E-state index contributed by atoms with van der Waals surface area (Å²) in [4.78, 5) is 33.6. The van der Waals surface area contributed by atoms with E-state index in [9.17, 15) is 14.4 Å². The van der Waals surface area contributed by atoms with Gasteiger partial charge in [0.05, 0.1) is 6.42 Å². The van der Waals surface area contributed by atoms with Gasteiger partial charge < -0.3 is 15.7 Å². The average molecular weight is 292 g/mol. The molecule has 0 saturated carbocycles. The van der Waals surface area contributed by atoms with Gasteiger partial charge in [0.2, 0.25) is 5.91 Å². The first-order chi connectivity index (χ1) is 10.0. The Morgan fingerprint density at radius 1 is 1.10 bits per heavy atom. The van der Waals surface area contributed by atoms with Crippen LogP contribution < -0.4 is 10.6 Å². The van der Waals surface area contributed by atoms with Crippen LogP contribution in [0.3, 0.4) is 0 Å². The second-order valence-electron chi connectivity index (χ2n) is 4.63. The molecule has 0 saturated heterocycles. The van der Waals surface area contributed by atoms with Crippen molar-refractivity contribution in [3.63, 3.8) is 0 Å². The molecular weight excluding hydrogens is 272 g/mol. The van der Waals surface area contributed by atoms with E-state index in [2.05, 4.69) is 10.6 Å². The molecule has 0 fully saturated rings. The van der Waals surface area contributed by atoms with Crippen molar-refractivity contribution < 1.29 is 19.5 Å². The van der Waals surface area contributed by atoms with Crippen LogP contribution in [-0.4, -0.2) is 29.4 Å². The summed E-state index contributed by atoms with van der Waals surface area (Å²) in [6.07, 6.45) is 1.67. The molecule has 1 aromatic rings. The van der Waals surface area contributed by atoms with E-state index >= 15 is 0 Å². The predicted octanol–water partition coefficient (Wildman–Crippen LogP) is 2.02. The van der Waals surface area contributed by atoms with E-state index in [0.717, 1.165) is 12.8 Å². The summed E-state index contributed by atoms with van der Waals surface area (Å²) < 4.78 is 0. The zero-order valence-corrected chi connectivity index (χ0v) is 12.0. The first-order valence-corrected chi connectivity index (χ1v) is 6.93. The van der Waals surface area contributed by atoms with Crippen LogP contribution in [0.25, 0.3) is 0 Å². The van der Waals surface area contributed by atoms with Crippen molar-refractivity contribution in [1.29, 1.82) is 0 Å². The molecule has 6 heteroatoms. The van der Waals surface area contributed by atoms with Crippen molar-refractivity contribution in [3.8, 4) is 0 Å². The summed E-state index contributed by atoms with van der Waals surface area (Å²) in [5.74, 6) is -1.52. The Morgan fingerprint density at radius 2 is 1.76 bits per heavy atom. The van der Waals surface area contributed by atoms with Gasteiger partial charge in [-0.25, -0.2) is 0 Å². The van der Waals surface area contributed by atoms with Gasteiger partial charge in [0.1, 0.15) is 0 Å². The first-order valence-electron chi connectivity index (χ1n) is 6.93. The summed E-state index contributed by atoms with van der Waals surface area (Å²) in [5.41, 5.74) is 1.06. The largest absolute Gasteiger partial charge is 0.481 e. The molecule has 0 aliphatic rings. The monoisotopic (exact) mass is 292 g/mol. The Hall–Kier alpha value is -2.37. The van der Waals surface area contributed by atoms with Crippen molar-refractivity contribution in [2.45, 2.75) is 32.6 Å². The average Bonchev–Trinajstić information content (AvgIpc) is 2.46. The van der Waals surface area contributed by atoms with Crippen molar-refractivity contribution in [2.75, 3.05) is 11.9 Å². The van der Waals surface area contributed by atoms with Gasteiger partial charge in [-0.3, -0.25) is 14.4 Å². The second-order valence-corrected chi connectivity index (χ2v) is 4.63. The molecule has 0 aliphatic heterocycles. The Morgan fingerprint density at radius 3 is 2.33 bits per heavy atom. The molecule has 6 nitrogen and oxygen atoms in total. The van der Waals surface area contributed by atoms with Crippen LogP contribution in [0, 0.1) is 0 Å². The normalized spacial score (nSPS) is 9.95. The fourth-order valence-corrected chi connectivity index (χ4v) is 1.63. The number of carboxylic acid groups (broad SMARTS) is 1. The number of amides is 2. The maximum atomic E-state index is 11.8. The molecule has 0 unspecified atom stereocenters. The molecule has 114 valence electrons. The minimum absolute atomic E-state index is 0.0748. The minimum atomic E-state index is -1.01. The van der Waals surface area contributed by atoms with Crippen LogP contribution in [0.2, 0.25) is 0 Å². The number of benzene rings is 1. The lowest BCUT2D eigenvalue weighted by atomic mass is 10.2. The minimum Gasteiger partial charge on any atom is -0.481 e. The SMILES string of the molecule is CCCCNC(=O)c1ccc(NC(=O)CCC(=O)O)cc1. The molecule has 2 amide bonds. The fourth-order valence-electron chi connectivity index (χ4n) is 1.63. The van der Waals surface area contributed by atoms with E-state index in [1.165, 1.54) is 0 Å². The number of carboxylic acids is 1. The standard InChI is InChI=1S/C15H20N2O4/c1-2-3-10-16-15(21)11-4-6-12(7-5-11)17-13(18)8-9-14(19)20/h4-7H,2-3,8-10H2,1H3,(H,16,21)(H,17,18)(H,19,20). The predicted molar refractivity (Wildman–Crippen MR) is 79.2 cm³/mol. The summed E-state index contributed by atoms with van der Waals surface area (Å²) >= 11 is 0. The number of rotatable bonds is 8. The molecule has 21 heavy (non-hydrogen) atoms. The lowest BCUT2D eigenvalue weighted by molar-refractivity contribution is -0.138. The van der Waals surface area contributed by atoms with Gasteiger partial charge in [0.25, 0.3) is 5.91 Å². The van der Waals surface area contributed by atoms with Crippen molar-refractivity contribution in [2.24, 2.45) is 0 Å². The van der Waals surface area contributed by atoms with Crippen molar-refractivity contribution in [1.82, 2.24) is 5.32 Å². The molecule has 0 bridgehead atoms. The van der Waals surface area contributed by atoms with Gasteiger partial charge in [-0.05, 0) is 30.7 Å². The molecule has 0 heterocycles. The molecule has 1 rings (SSSR count). The van der Waals surface area contributed by atoms with E-state index in [1.807, 2.05) is 6.92 Å². The van der Waals surface area contributed by atoms with E-state index in [0.29, 0.717) is 17.8 Å². The molecular formula is C15H20N2O4. The number of carbonyl (C=O) groups is 3. The zero-order chi connectivity index (χ0) is 15.7. The fraction of sp³-hybridized carbons (Fsp3) is 0.400. The summed E-state index contributed by atoms with van der Waals surface area (Å²) in [5, 5.41) is 13.9. The van der Waals surface area contributed by atoms with Gasteiger partial charge in [-0.1, -0.05) is 13.3 Å². The van der Waals surface area contributed by atoms with Crippen molar-refractivity contribution in [3.05, 3.63) is 29.8 Å². The summed E-state index contributed by atoms with van der Waals surface area (Å²) in [6.45, 7) is 2.69. The van der Waals surface area contributed by atoms with Gasteiger partial charge in [-0.2, -0.15) is 0 Å². The third-order valence-corrected chi connectivity index (χ3v) is 2.81. The quantitative estimate of drug-likeness (QED) is 0.639. The number of nitrogens with one attached hydrogen (secondary N) is 2. The third-order valence-electron chi connectivity index (χ3n) is 2.81. The van der Waals surface area contributed by atoms with E-state index in [1.54, 1.807) is 24.3 Å². The molecule has 0 radical (unpaired) electrons. The number of hydrogen-bond donors (Lipinski definition) is 3. The topological polar surface area (TPSA) is 95.5 Å². The maximum Gasteiger partial charge on any atom is 0.303 e. The number of unbranched alkanes of at least 4 members (excludes halogenated alkanes) is 1. The Bertz CT molecular complexity index is 497. The molecule has 0 aliphatic carbocycles. The Kier molecular flexibility index (Phi) is 6.94. The molecule has 1 aromatic carbocycles. The lowest BCUT2D eigenvalue weighted by Crippen LogP contribution is -2.24. The number of aliphatic carboxylic acids is 1. The van der Waals surface area contributed by atoms with Crippen molar-refractivity contribution >= 4 is 23.5 Å². The molecule has 0 atom stereocenters. The summed E-state index contributed by atoms with van der Waals surface area (Å²) in [6, 6.07) is 6.48. The maximum absolute atomic E-state index is 11.8. The first kappa shape index (κ1) is 16.7. The zero-order valence-electron chi connectivity index (χ0n) is 12.0. The van der Waals surface area contributed by atoms with E-state index in [-0.39, 0.29) is 24.7 Å². The highest BCUT2D eigenvalue weighted by Gasteiger charge is 2.07. The summed E-state index contributed by atoms with van der Waals surface area (Å²) in [7, 11) is 0. The molecule has 0 aromatic heterocycles. The van der Waals surface area contributed by atoms with Gasteiger partial charge in [0, 0.05) is 24.2 Å². The highest BCUT2D eigenvalue weighted by molar-refractivity contribution is 5.96. The number of anilines is 1. The van der Waals surface area contributed by atoms with E-state index in [4.69, 9.17) is 5.11 Å². The third kappa shape index (κ3) is 6.56.